The van der Waals surface area contributed by atoms with E-state index in [1.165, 1.54) is 38.9 Å². The number of benzene rings is 2. The van der Waals surface area contributed by atoms with Crippen molar-refractivity contribution in [3.8, 4) is 29.5 Å². The van der Waals surface area contributed by atoms with Gasteiger partial charge in [0, 0.05) is 36.1 Å². The van der Waals surface area contributed by atoms with E-state index in [1.807, 2.05) is 57.2 Å². The minimum Gasteiger partial charge on any atom is -0.388 e. The van der Waals surface area contributed by atoms with E-state index in [-0.39, 0.29) is 58.7 Å². The molecule has 0 bridgehead atoms. The Balaban J connectivity index is 0.813. The van der Waals surface area contributed by atoms with Crippen LogP contribution in [-0.4, -0.2) is 93.8 Å². The number of nitrogens with one attached hydrogen (secondary N) is 3. The smallest absolute Gasteiger partial charge is 0.272 e. The van der Waals surface area contributed by atoms with E-state index >= 15 is 0 Å². The van der Waals surface area contributed by atoms with Gasteiger partial charge >= 0.3 is 0 Å². The second kappa shape index (κ2) is 19.8. The van der Waals surface area contributed by atoms with Crippen LogP contribution in [0.3, 0.4) is 0 Å². The van der Waals surface area contributed by atoms with Gasteiger partial charge in [0.1, 0.15) is 10.6 Å². The molecule has 4 N–H and O–H groups in total. The lowest BCUT2D eigenvalue weighted by molar-refractivity contribution is -0.136. The number of rotatable bonds is 10. The number of likely N-dealkylation sites (tertiary alicyclic amines) is 1. The summed E-state index contributed by atoms with van der Waals surface area (Å²) >= 11 is 6.83. The zero-order valence-corrected chi connectivity index (χ0v) is 38.4. The molecule has 338 valence electrons. The zero-order chi connectivity index (χ0) is 47.2. The number of carbonyl (C=O) groups is 3. The molecule has 16 nitrogen and oxygen atoms in total. The van der Waals surface area contributed by atoms with Crippen molar-refractivity contribution in [2.75, 3.05) is 26.2 Å². The number of aliphatic hydroxyl groups is 1. The van der Waals surface area contributed by atoms with Crippen molar-refractivity contribution >= 4 is 62.4 Å². The molecule has 1 fully saturated rings. The summed E-state index contributed by atoms with van der Waals surface area (Å²) in [6.45, 7) is 6.56. The van der Waals surface area contributed by atoms with Crippen LogP contribution in [-0.2, 0) is 11.3 Å². The number of H-pyrrole nitrogens is 1. The standard InChI is InChI=1S/C49H44N10O6S2/c1-30-17-22-50-40(25-30)59-47(64)42-35(32(3)67-45(42)54-48(59)66)12-8-21-52-44(62)38-16-15-37(55-56-38)43(61)51-20-7-9-33-13-14-36-39(27-33)53-29-58(46(36)63)28-49(65)18-23-57(24-19-49)41(60)26-31(2)34-10-5-4-6-11-34/h4-6,10-11,13-17,22,25,27,29,31,65H,18-21,23-24,26,28H2,1-3H3,(H,51,61)(H,52,62)(H,54,66). The molecule has 0 saturated carbocycles. The fraction of sp³-hybridized carbons (Fsp3) is 0.265. The van der Waals surface area contributed by atoms with E-state index in [9.17, 15) is 29.1 Å². The molecule has 8 rings (SSSR count). The maximum atomic E-state index is 13.6. The van der Waals surface area contributed by atoms with Crippen molar-refractivity contribution in [1.82, 2.24) is 49.8 Å². The SMILES string of the molecule is Cc1ccnc(-n2c(=S)[nH]c3sc(C)c(C#CCNC(=O)c4ccc(C(=O)NCC#Cc5ccc6c(=O)n(CC7(O)CCN(C(=O)CC(C)c8ccccc8)CC7)cnc6c5)nn4)c3c2=O)c1. The summed E-state index contributed by atoms with van der Waals surface area (Å²) in [6, 6.07) is 21.2. The van der Waals surface area contributed by atoms with Crippen molar-refractivity contribution in [2.24, 2.45) is 0 Å². The van der Waals surface area contributed by atoms with E-state index < -0.39 is 17.4 Å². The van der Waals surface area contributed by atoms with Gasteiger partial charge in [0.25, 0.3) is 22.9 Å². The van der Waals surface area contributed by atoms with Crippen LogP contribution in [0.4, 0.5) is 0 Å². The Labute approximate surface area is 393 Å². The molecule has 1 saturated heterocycles. The van der Waals surface area contributed by atoms with Crippen molar-refractivity contribution in [2.45, 2.75) is 58.1 Å². The average Bonchev–Trinajstić information content (AvgIpc) is 3.64. The first-order valence-electron chi connectivity index (χ1n) is 21.4. The zero-order valence-electron chi connectivity index (χ0n) is 36.8. The van der Waals surface area contributed by atoms with Crippen LogP contribution in [0.2, 0.25) is 0 Å². The summed E-state index contributed by atoms with van der Waals surface area (Å²) in [6.07, 6.45) is 4.10. The van der Waals surface area contributed by atoms with Gasteiger partial charge in [-0.3, -0.25) is 28.5 Å². The average molecular weight is 933 g/mol. The maximum absolute atomic E-state index is 13.6. The summed E-state index contributed by atoms with van der Waals surface area (Å²) < 4.78 is 2.97. The highest BCUT2D eigenvalue weighted by molar-refractivity contribution is 7.71. The number of aryl methyl sites for hydroxylation is 2. The molecule has 7 aromatic rings. The van der Waals surface area contributed by atoms with E-state index in [4.69, 9.17) is 12.2 Å². The Morgan fingerprint density at radius 1 is 0.896 bits per heavy atom. The lowest BCUT2D eigenvalue weighted by Crippen LogP contribution is -2.49. The Morgan fingerprint density at radius 3 is 2.25 bits per heavy atom. The van der Waals surface area contributed by atoms with Crippen LogP contribution in [0, 0.1) is 42.3 Å². The summed E-state index contributed by atoms with van der Waals surface area (Å²) in [7, 11) is 0. The Bertz CT molecular complexity index is 3370. The highest BCUT2D eigenvalue weighted by atomic mass is 32.1. The van der Waals surface area contributed by atoms with E-state index in [0.717, 1.165) is 16.0 Å². The predicted octanol–water partition coefficient (Wildman–Crippen LogP) is 4.73. The van der Waals surface area contributed by atoms with Crippen LogP contribution in [0.15, 0.2) is 94.9 Å². The molecule has 6 heterocycles. The third kappa shape index (κ3) is 10.4. The third-order valence-electron chi connectivity index (χ3n) is 11.5. The molecule has 1 unspecified atom stereocenters. The third-order valence-corrected chi connectivity index (χ3v) is 12.8. The van der Waals surface area contributed by atoms with E-state index in [2.05, 4.69) is 59.5 Å². The summed E-state index contributed by atoms with van der Waals surface area (Å²) in [5.74, 6) is 11.2. The number of nitrogens with zero attached hydrogens (tertiary/aromatic N) is 7. The number of hydrogen-bond donors (Lipinski definition) is 4. The number of piperidine rings is 1. The van der Waals surface area contributed by atoms with Crippen molar-refractivity contribution in [3.05, 3.63) is 149 Å². The first kappa shape index (κ1) is 45.9. The second-order valence-corrected chi connectivity index (χ2v) is 17.9. The van der Waals surface area contributed by atoms with Gasteiger partial charge < -0.3 is 25.6 Å². The minimum atomic E-state index is -1.16. The van der Waals surface area contributed by atoms with Gasteiger partial charge in [0.15, 0.2) is 16.2 Å². The number of pyridine rings is 1. The number of carbonyl (C=O) groups excluding carboxylic acids is 3. The Kier molecular flexibility index (Phi) is 13.6. The van der Waals surface area contributed by atoms with Crippen LogP contribution < -0.4 is 21.8 Å². The highest BCUT2D eigenvalue weighted by Crippen LogP contribution is 2.28. The lowest BCUT2D eigenvalue weighted by atomic mass is 9.90. The largest absolute Gasteiger partial charge is 0.388 e. The van der Waals surface area contributed by atoms with Crippen LogP contribution in [0.1, 0.15) is 80.2 Å². The number of amides is 3. The summed E-state index contributed by atoms with van der Waals surface area (Å²) in [4.78, 5) is 80.7. The first-order chi connectivity index (χ1) is 32.3. The molecule has 18 heteroatoms. The molecule has 0 radical (unpaired) electrons. The molecule has 67 heavy (non-hydrogen) atoms. The van der Waals surface area contributed by atoms with E-state index in [0.29, 0.717) is 70.4 Å². The highest BCUT2D eigenvalue weighted by Gasteiger charge is 2.35. The molecule has 2 aromatic carbocycles. The fourth-order valence-corrected chi connectivity index (χ4v) is 9.11. The molecule has 1 aliphatic rings. The van der Waals surface area contributed by atoms with Crippen LogP contribution in [0.25, 0.3) is 26.9 Å². The molecule has 1 aliphatic heterocycles. The topological polar surface area (TPSA) is 210 Å². The maximum Gasteiger partial charge on any atom is 0.272 e. The number of aromatic nitrogens is 7. The normalized spacial score (nSPS) is 13.5. The molecule has 3 amide bonds. The molecule has 5 aromatic heterocycles. The minimum absolute atomic E-state index is 0.0214. The second-order valence-electron chi connectivity index (χ2n) is 16.3. The number of thiophene rings is 1. The molecular formula is C49H44N10O6S2. The van der Waals surface area contributed by atoms with Gasteiger partial charge in [-0.25, -0.2) is 14.5 Å². The van der Waals surface area contributed by atoms with Gasteiger partial charge in [-0.1, -0.05) is 60.9 Å². The van der Waals surface area contributed by atoms with Gasteiger partial charge in [0.2, 0.25) is 5.91 Å². The molecular weight excluding hydrogens is 889 g/mol. The molecule has 0 aliphatic carbocycles. The predicted molar refractivity (Wildman–Crippen MR) is 257 cm³/mol. The number of fused-ring (bicyclic) bond motifs is 2. The van der Waals surface area contributed by atoms with Crippen molar-refractivity contribution in [1.29, 1.82) is 0 Å². The Morgan fingerprint density at radius 2 is 1.58 bits per heavy atom. The summed E-state index contributed by atoms with van der Waals surface area (Å²) in [5.41, 5.74) is 1.71. The number of aromatic amines is 1. The fourth-order valence-electron chi connectivity index (χ4n) is 7.77. The first-order valence-corrected chi connectivity index (χ1v) is 22.6. The molecule has 0 spiro atoms. The van der Waals surface area contributed by atoms with Gasteiger partial charge in [-0.05, 0) is 98.4 Å². The van der Waals surface area contributed by atoms with Crippen molar-refractivity contribution < 1.29 is 19.5 Å². The van der Waals surface area contributed by atoms with Gasteiger partial charge in [0.05, 0.1) is 53.4 Å². The lowest BCUT2D eigenvalue weighted by Gasteiger charge is -2.38. The Hall–Kier alpha value is -7.64. The molecule has 1 atom stereocenters. The van der Waals surface area contributed by atoms with Crippen LogP contribution >= 0.6 is 23.6 Å². The van der Waals surface area contributed by atoms with Crippen molar-refractivity contribution in [3.63, 3.8) is 0 Å². The van der Waals surface area contributed by atoms with Crippen LogP contribution in [0.5, 0.6) is 0 Å². The van der Waals surface area contributed by atoms with Gasteiger partial charge in [-0.2, -0.15) is 0 Å². The monoisotopic (exact) mass is 932 g/mol. The van der Waals surface area contributed by atoms with Gasteiger partial charge in [-0.15, -0.1) is 21.5 Å². The van der Waals surface area contributed by atoms with E-state index in [1.54, 1.807) is 35.4 Å². The quantitative estimate of drug-likeness (QED) is 0.109. The summed E-state index contributed by atoms with van der Waals surface area (Å²) in [5, 5.41) is 25.3. The number of hydrogen-bond acceptors (Lipinski definition) is 12.